The number of urea groups is 1. The van der Waals surface area contributed by atoms with Crippen molar-refractivity contribution in [3.8, 4) is 11.5 Å². The Kier molecular flexibility index (Phi) is 7.31. The van der Waals surface area contributed by atoms with E-state index in [9.17, 15) is 14.4 Å². The van der Waals surface area contributed by atoms with Gasteiger partial charge in [0, 0.05) is 24.6 Å². The van der Waals surface area contributed by atoms with Crippen LogP contribution in [0.5, 0.6) is 11.5 Å². The highest BCUT2D eigenvalue weighted by molar-refractivity contribution is 6.07. The summed E-state index contributed by atoms with van der Waals surface area (Å²) in [6.07, 6.45) is 3.05. The predicted octanol–water partition coefficient (Wildman–Crippen LogP) is 3.19. The summed E-state index contributed by atoms with van der Waals surface area (Å²) in [5.41, 5.74) is -0.280. The molecule has 0 radical (unpaired) electrons. The van der Waals surface area contributed by atoms with Crippen LogP contribution in [0.15, 0.2) is 18.2 Å². The maximum absolute atomic E-state index is 13.4. The van der Waals surface area contributed by atoms with Gasteiger partial charge in [0.2, 0.25) is 5.91 Å². The van der Waals surface area contributed by atoms with Crippen molar-refractivity contribution in [2.75, 3.05) is 27.3 Å². The fourth-order valence-electron chi connectivity index (χ4n) is 4.96. The number of ether oxygens (including phenoxy) is 2. The molecule has 0 saturated carbocycles. The van der Waals surface area contributed by atoms with Crippen LogP contribution in [0, 0.1) is 11.8 Å². The third-order valence-electron chi connectivity index (χ3n) is 7.07. The van der Waals surface area contributed by atoms with E-state index in [2.05, 4.69) is 5.32 Å². The molecule has 1 aromatic rings. The Balaban J connectivity index is 1.71. The van der Waals surface area contributed by atoms with Crippen molar-refractivity contribution in [3.63, 3.8) is 0 Å². The lowest BCUT2D eigenvalue weighted by atomic mass is 9.78. The second-order valence-corrected chi connectivity index (χ2v) is 8.79. The van der Waals surface area contributed by atoms with Crippen molar-refractivity contribution in [2.45, 2.75) is 58.5 Å². The van der Waals surface area contributed by atoms with E-state index < -0.39 is 11.6 Å². The number of carbonyl (C=O) groups is 3. The van der Waals surface area contributed by atoms with Gasteiger partial charge in [-0.25, -0.2) is 4.79 Å². The zero-order valence-corrected chi connectivity index (χ0v) is 19.8. The molecule has 1 unspecified atom stereocenters. The van der Waals surface area contributed by atoms with Crippen LogP contribution < -0.4 is 14.8 Å². The molecule has 2 saturated heterocycles. The van der Waals surface area contributed by atoms with Crippen molar-refractivity contribution < 1.29 is 23.9 Å². The van der Waals surface area contributed by atoms with Gasteiger partial charge in [0.25, 0.3) is 5.91 Å². The van der Waals surface area contributed by atoms with Crippen molar-refractivity contribution in [3.05, 3.63) is 23.8 Å². The number of piperidine rings is 1. The summed E-state index contributed by atoms with van der Waals surface area (Å²) in [7, 11) is 3.08. The third kappa shape index (κ3) is 4.27. The van der Waals surface area contributed by atoms with Gasteiger partial charge in [-0.3, -0.25) is 14.5 Å². The highest BCUT2D eigenvalue weighted by Gasteiger charge is 2.53. The number of para-hydroxylation sites is 1. The Bertz CT molecular complexity index is 861. The van der Waals surface area contributed by atoms with E-state index in [1.54, 1.807) is 26.2 Å². The number of carbonyl (C=O) groups excluding carboxylic acids is 3. The van der Waals surface area contributed by atoms with Gasteiger partial charge in [0.05, 0.1) is 20.8 Å². The van der Waals surface area contributed by atoms with Gasteiger partial charge in [-0.15, -0.1) is 0 Å². The topological polar surface area (TPSA) is 88.2 Å². The molecule has 0 spiro atoms. The van der Waals surface area contributed by atoms with E-state index in [1.165, 1.54) is 12.0 Å². The minimum Gasteiger partial charge on any atom is -0.493 e. The lowest BCUT2D eigenvalue weighted by molar-refractivity contribution is -0.138. The highest BCUT2D eigenvalue weighted by atomic mass is 16.5. The second-order valence-electron chi connectivity index (χ2n) is 8.79. The normalized spacial score (nSPS) is 21.8. The molecule has 2 aliphatic rings. The maximum Gasteiger partial charge on any atom is 0.325 e. The lowest BCUT2D eigenvalue weighted by Gasteiger charge is -2.39. The number of hydrogen-bond donors (Lipinski definition) is 1. The molecule has 1 atom stereocenters. The second kappa shape index (κ2) is 9.79. The van der Waals surface area contributed by atoms with Gasteiger partial charge >= 0.3 is 6.03 Å². The fourth-order valence-corrected chi connectivity index (χ4v) is 4.96. The Morgan fingerprint density at radius 2 is 1.81 bits per heavy atom. The molecule has 176 valence electrons. The fraction of sp³-hybridized carbons (Fsp3) is 0.625. The van der Waals surface area contributed by atoms with Crippen molar-refractivity contribution >= 4 is 17.8 Å². The molecule has 8 nitrogen and oxygen atoms in total. The lowest BCUT2D eigenvalue weighted by Crippen LogP contribution is -2.54. The van der Waals surface area contributed by atoms with E-state index in [0.717, 1.165) is 12.8 Å². The van der Waals surface area contributed by atoms with E-state index in [-0.39, 0.29) is 30.2 Å². The number of hydrogen-bond acceptors (Lipinski definition) is 5. The summed E-state index contributed by atoms with van der Waals surface area (Å²) in [4.78, 5) is 42.1. The first-order valence-electron chi connectivity index (χ1n) is 11.4. The van der Waals surface area contributed by atoms with Gasteiger partial charge < -0.3 is 19.7 Å². The van der Waals surface area contributed by atoms with E-state index in [0.29, 0.717) is 43.0 Å². The average Bonchev–Trinajstić information content (AvgIpc) is 3.03. The zero-order chi connectivity index (χ0) is 23.5. The molecule has 2 aliphatic heterocycles. The average molecular weight is 446 g/mol. The van der Waals surface area contributed by atoms with Crippen LogP contribution in [0.25, 0.3) is 0 Å². The molecule has 1 aromatic carbocycles. The summed E-state index contributed by atoms with van der Waals surface area (Å²) in [6.45, 7) is 7.22. The molecule has 4 amide bonds. The van der Waals surface area contributed by atoms with Crippen LogP contribution in [0.2, 0.25) is 0 Å². The molecule has 0 aromatic heterocycles. The van der Waals surface area contributed by atoms with Crippen molar-refractivity contribution in [1.82, 2.24) is 15.1 Å². The Morgan fingerprint density at radius 3 is 2.38 bits per heavy atom. The number of rotatable bonds is 8. The van der Waals surface area contributed by atoms with Gasteiger partial charge in [-0.1, -0.05) is 26.0 Å². The highest BCUT2D eigenvalue weighted by Crippen LogP contribution is 2.37. The summed E-state index contributed by atoms with van der Waals surface area (Å²) in [5, 5.41) is 2.94. The number of imide groups is 1. The predicted molar refractivity (Wildman–Crippen MR) is 120 cm³/mol. The first kappa shape index (κ1) is 23.9. The van der Waals surface area contributed by atoms with E-state index in [1.807, 2.05) is 24.8 Å². The molecule has 2 fully saturated rings. The molecule has 0 bridgehead atoms. The Hall–Kier alpha value is -2.77. The zero-order valence-electron chi connectivity index (χ0n) is 19.8. The number of benzene rings is 1. The smallest absolute Gasteiger partial charge is 0.325 e. The van der Waals surface area contributed by atoms with Crippen molar-refractivity contribution in [1.29, 1.82) is 0 Å². The van der Waals surface area contributed by atoms with E-state index in [4.69, 9.17) is 9.47 Å². The van der Waals surface area contributed by atoms with Crippen LogP contribution in [0.4, 0.5) is 4.79 Å². The number of amides is 4. The summed E-state index contributed by atoms with van der Waals surface area (Å²) < 4.78 is 10.8. The molecule has 2 heterocycles. The molecule has 8 heteroatoms. The molecule has 0 aliphatic carbocycles. The van der Waals surface area contributed by atoms with Crippen molar-refractivity contribution in [2.24, 2.45) is 11.8 Å². The Labute approximate surface area is 190 Å². The maximum atomic E-state index is 13.4. The van der Waals surface area contributed by atoms with Crippen LogP contribution in [-0.4, -0.2) is 60.5 Å². The minimum atomic E-state index is -0.979. The quantitative estimate of drug-likeness (QED) is 0.621. The molecule has 1 N–H and O–H groups in total. The number of likely N-dealkylation sites (tertiary alicyclic amines) is 1. The Morgan fingerprint density at radius 1 is 1.16 bits per heavy atom. The largest absolute Gasteiger partial charge is 0.493 e. The minimum absolute atomic E-state index is 0.0260. The molecule has 32 heavy (non-hydrogen) atoms. The van der Waals surface area contributed by atoms with Crippen LogP contribution in [0.3, 0.4) is 0 Å². The van der Waals surface area contributed by atoms with Gasteiger partial charge in [-0.05, 0) is 44.6 Å². The van der Waals surface area contributed by atoms with Crippen LogP contribution in [-0.2, 0) is 16.1 Å². The number of nitrogens with zero attached hydrogens (tertiary/aromatic N) is 2. The first-order chi connectivity index (χ1) is 15.3. The molecule has 3 rings (SSSR count). The first-order valence-corrected chi connectivity index (χ1v) is 11.4. The molecular weight excluding hydrogens is 410 g/mol. The monoisotopic (exact) mass is 445 g/mol. The van der Waals surface area contributed by atoms with Crippen LogP contribution in [0.1, 0.15) is 52.0 Å². The standard InChI is InChI=1S/C24H35N3O5/c1-6-16(7-2)21(28)26-13-11-18(12-14-26)24(3)22(29)27(23(30)25-24)15-17-9-8-10-19(31-4)20(17)32-5/h8-10,16,18H,6-7,11-15H2,1-5H3,(H,25,30). The van der Waals surface area contributed by atoms with E-state index >= 15 is 0 Å². The number of nitrogens with one attached hydrogen (secondary N) is 1. The van der Waals surface area contributed by atoms with Gasteiger partial charge in [-0.2, -0.15) is 0 Å². The summed E-state index contributed by atoms with van der Waals surface area (Å²) in [5.74, 6) is 1.06. The summed E-state index contributed by atoms with van der Waals surface area (Å²) in [6, 6.07) is 4.99. The molecular formula is C24H35N3O5. The van der Waals surface area contributed by atoms with Gasteiger partial charge in [0.1, 0.15) is 5.54 Å². The van der Waals surface area contributed by atoms with Gasteiger partial charge in [0.15, 0.2) is 11.5 Å². The summed E-state index contributed by atoms with van der Waals surface area (Å²) >= 11 is 0. The third-order valence-corrected chi connectivity index (χ3v) is 7.07. The van der Waals surface area contributed by atoms with Crippen LogP contribution >= 0.6 is 0 Å². The SMILES string of the molecule is CCC(CC)C(=O)N1CCC(C2(C)NC(=O)N(Cc3cccc(OC)c3OC)C2=O)CC1. The number of methoxy groups -OCH3 is 2.